The summed E-state index contributed by atoms with van der Waals surface area (Å²) in [6.07, 6.45) is 1.84. The standard InChI is InChI=1S/C24H18N6O2S/c25-16-26-24(27-17-7-3-1-4-8-17)33-21-15-22(31)30(23(21)32)20-13-11-19(12-14-20)29-28-18-9-5-2-6-10-18/h1-14,21H,15H2,(H,26,27)/t21-/m1/s1. The predicted octanol–water partition coefficient (Wildman–Crippen LogP) is 5.23. The number of hydrogen-bond acceptors (Lipinski definition) is 7. The van der Waals surface area contributed by atoms with Gasteiger partial charge in [0.25, 0.3) is 0 Å². The highest BCUT2D eigenvalue weighted by molar-refractivity contribution is 8.15. The van der Waals surface area contributed by atoms with Crippen LogP contribution in [0.5, 0.6) is 0 Å². The lowest BCUT2D eigenvalue weighted by Crippen LogP contribution is -2.32. The highest BCUT2D eigenvalue weighted by atomic mass is 32.2. The molecule has 2 amide bonds. The molecule has 3 aromatic rings. The lowest BCUT2D eigenvalue weighted by atomic mass is 10.2. The molecule has 1 aliphatic heterocycles. The second kappa shape index (κ2) is 10.3. The lowest BCUT2D eigenvalue weighted by molar-refractivity contribution is -0.121. The van der Waals surface area contributed by atoms with E-state index >= 15 is 0 Å². The number of carbonyl (C=O) groups is 2. The van der Waals surface area contributed by atoms with Gasteiger partial charge in [-0.05, 0) is 48.5 Å². The summed E-state index contributed by atoms with van der Waals surface area (Å²) in [7, 11) is 0. The molecule has 1 aliphatic rings. The van der Waals surface area contributed by atoms with Crippen LogP contribution in [0.4, 0.5) is 22.7 Å². The summed E-state index contributed by atoms with van der Waals surface area (Å²) >= 11 is 1.06. The van der Waals surface area contributed by atoms with Crippen LogP contribution >= 0.6 is 11.8 Å². The molecule has 0 spiro atoms. The summed E-state index contributed by atoms with van der Waals surface area (Å²) in [5.41, 5.74) is 2.42. The smallest absolute Gasteiger partial charge is 0.247 e. The summed E-state index contributed by atoms with van der Waals surface area (Å²) in [6.45, 7) is 0. The molecule has 1 N–H and O–H groups in total. The van der Waals surface area contributed by atoms with Crippen LogP contribution in [0.1, 0.15) is 6.42 Å². The average molecular weight is 455 g/mol. The highest BCUT2D eigenvalue weighted by Crippen LogP contribution is 2.32. The van der Waals surface area contributed by atoms with Crippen LogP contribution in [0, 0.1) is 11.5 Å². The number of anilines is 1. The van der Waals surface area contributed by atoms with Gasteiger partial charge in [0.05, 0.1) is 22.7 Å². The zero-order chi connectivity index (χ0) is 23.0. The number of aliphatic imine (C=N–C) groups is 1. The van der Waals surface area contributed by atoms with E-state index in [0.29, 0.717) is 17.1 Å². The van der Waals surface area contributed by atoms with Crippen molar-refractivity contribution in [3.63, 3.8) is 0 Å². The van der Waals surface area contributed by atoms with Gasteiger partial charge < -0.3 is 0 Å². The van der Waals surface area contributed by atoms with Crippen LogP contribution in [0.15, 0.2) is 100 Å². The van der Waals surface area contributed by atoms with Gasteiger partial charge in [0.2, 0.25) is 11.8 Å². The molecule has 0 unspecified atom stereocenters. The predicted molar refractivity (Wildman–Crippen MR) is 128 cm³/mol. The number of azo groups is 1. The Hall–Kier alpha value is -4.29. The van der Waals surface area contributed by atoms with Crippen molar-refractivity contribution in [3.05, 3.63) is 84.9 Å². The van der Waals surface area contributed by atoms with Crippen LogP contribution in [0.2, 0.25) is 0 Å². The Bertz CT molecular complexity index is 1240. The Morgan fingerprint density at radius 2 is 1.45 bits per heavy atom. The number of thioether (sulfide) groups is 1. The van der Waals surface area contributed by atoms with Gasteiger partial charge >= 0.3 is 0 Å². The maximum Gasteiger partial charge on any atom is 0.247 e. The van der Waals surface area contributed by atoms with Gasteiger partial charge in [0, 0.05) is 6.42 Å². The molecule has 1 atom stereocenters. The SMILES string of the molecule is N#CNC(=Nc1ccccc1)S[C@@H]1CC(=O)N(c2ccc(N=Nc3ccccc3)cc2)C1=O. The molecule has 0 saturated carbocycles. The number of nitriles is 1. The van der Waals surface area contributed by atoms with Crippen LogP contribution in [-0.4, -0.2) is 22.2 Å². The molecule has 0 radical (unpaired) electrons. The maximum atomic E-state index is 13.0. The van der Waals surface area contributed by atoms with E-state index in [1.807, 2.05) is 54.7 Å². The normalized spacial score (nSPS) is 16.3. The van der Waals surface area contributed by atoms with Crippen molar-refractivity contribution < 1.29 is 9.59 Å². The molecule has 1 saturated heterocycles. The van der Waals surface area contributed by atoms with Crippen molar-refractivity contribution in [2.24, 2.45) is 15.2 Å². The first-order valence-corrected chi connectivity index (χ1v) is 10.9. The summed E-state index contributed by atoms with van der Waals surface area (Å²) in [4.78, 5) is 31.1. The highest BCUT2D eigenvalue weighted by Gasteiger charge is 2.40. The average Bonchev–Trinajstić information content (AvgIpc) is 3.12. The second-order valence-corrected chi connectivity index (χ2v) is 8.11. The number of carbonyl (C=O) groups excluding carboxylic acids is 2. The van der Waals surface area contributed by atoms with Crippen molar-refractivity contribution in [1.29, 1.82) is 5.26 Å². The lowest BCUT2D eigenvalue weighted by Gasteiger charge is -2.15. The van der Waals surface area contributed by atoms with Crippen molar-refractivity contribution in [3.8, 4) is 6.19 Å². The van der Waals surface area contributed by atoms with E-state index in [-0.39, 0.29) is 23.4 Å². The molecule has 4 rings (SSSR count). The summed E-state index contributed by atoms with van der Waals surface area (Å²) < 4.78 is 0. The fraction of sp³-hybridized carbons (Fsp3) is 0.0833. The Labute approximate surface area is 194 Å². The quantitative estimate of drug-likeness (QED) is 0.142. The van der Waals surface area contributed by atoms with Gasteiger partial charge in [-0.25, -0.2) is 9.89 Å². The topological polar surface area (TPSA) is 110 Å². The van der Waals surface area contributed by atoms with Crippen LogP contribution in [-0.2, 0) is 9.59 Å². The first-order chi connectivity index (χ1) is 16.1. The zero-order valence-electron chi connectivity index (χ0n) is 17.3. The van der Waals surface area contributed by atoms with Crippen LogP contribution in [0.3, 0.4) is 0 Å². The number of rotatable bonds is 5. The number of nitrogens with zero attached hydrogens (tertiary/aromatic N) is 5. The molecule has 33 heavy (non-hydrogen) atoms. The van der Waals surface area contributed by atoms with Crippen molar-refractivity contribution in [2.75, 3.05) is 4.90 Å². The van der Waals surface area contributed by atoms with Gasteiger partial charge in [0.15, 0.2) is 11.4 Å². The third-order valence-electron chi connectivity index (χ3n) is 4.65. The zero-order valence-corrected chi connectivity index (χ0v) is 18.1. The third-order valence-corrected chi connectivity index (χ3v) is 5.72. The van der Waals surface area contributed by atoms with Gasteiger partial charge in [-0.2, -0.15) is 15.5 Å². The van der Waals surface area contributed by atoms with E-state index in [9.17, 15) is 9.59 Å². The van der Waals surface area contributed by atoms with E-state index in [2.05, 4.69) is 20.5 Å². The van der Waals surface area contributed by atoms with Gasteiger partial charge in [-0.1, -0.05) is 48.2 Å². The molecular weight excluding hydrogens is 436 g/mol. The third kappa shape index (κ3) is 5.50. The molecule has 1 heterocycles. The fourth-order valence-corrected chi connectivity index (χ4v) is 4.10. The first-order valence-electron chi connectivity index (χ1n) is 10.0. The number of amidine groups is 1. The molecule has 1 fully saturated rings. The van der Waals surface area contributed by atoms with Gasteiger partial charge in [-0.15, -0.1) is 0 Å². The van der Waals surface area contributed by atoms with E-state index in [1.165, 1.54) is 0 Å². The van der Waals surface area contributed by atoms with Crippen LogP contribution < -0.4 is 10.2 Å². The summed E-state index contributed by atoms with van der Waals surface area (Å²) in [5, 5.41) is 19.4. The Kier molecular flexibility index (Phi) is 6.87. The Morgan fingerprint density at radius 3 is 2.06 bits per heavy atom. The molecule has 8 nitrogen and oxygen atoms in total. The molecule has 162 valence electrons. The van der Waals surface area contributed by atoms with Gasteiger partial charge in [-0.3, -0.25) is 14.9 Å². The first kappa shape index (κ1) is 21.9. The summed E-state index contributed by atoms with van der Waals surface area (Å²) in [6, 6.07) is 25.1. The number of hydrogen-bond donors (Lipinski definition) is 1. The number of amides is 2. The molecule has 9 heteroatoms. The number of nitrogens with one attached hydrogen (secondary N) is 1. The Balaban J connectivity index is 1.47. The maximum absolute atomic E-state index is 13.0. The van der Waals surface area contributed by atoms with E-state index in [0.717, 1.165) is 22.3 Å². The molecule has 0 aromatic heterocycles. The number of para-hydroxylation sites is 1. The summed E-state index contributed by atoms with van der Waals surface area (Å²) in [5.74, 6) is -0.670. The Morgan fingerprint density at radius 1 is 0.879 bits per heavy atom. The largest absolute Gasteiger partial charge is 0.274 e. The number of imide groups is 1. The molecule has 0 aliphatic carbocycles. The molecule has 0 bridgehead atoms. The van der Waals surface area contributed by atoms with Crippen LogP contribution in [0.25, 0.3) is 0 Å². The van der Waals surface area contributed by atoms with E-state index in [4.69, 9.17) is 5.26 Å². The van der Waals surface area contributed by atoms with Crippen molar-refractivity contribution >= 4 is 51.5 Å². The minimum absolute atomic E-state index is 0.0138. The minimum Gasteiger partial charge on any atom is -0.274 e. The molecule has 3 aromatic carbocycles. The van der Waals surface area contributed by atoms with Crippen molar-refractivity contribution in [1.82, 2.24) is 5.32 Å². The monoisotopic (exact) mass is 454 g/mol. The minimum atomic E-state index is -0.682. The molecular formula is C24H18N6O2S. The van der Waals surface area contributed by atoms with E-state index in [1.54, 1.807) is 36.4 Å². The fourth-order valence-electron chi connectivity index (χ4n) is 3.13. The van der Waals surface area contributed by atoms with Gasteiger partial charge in [0.1, 0.15) is 5.25 Å². The van der Waals surface area contributed by atoms with E-state index < -0.39 is 5.25 Å². The number of benzene rings is 3. The van der Waals surface area contributed by atoms with Crippen molar-refractivity contribution in [2.45, 2.75) is 11.7 Å². The second-order valence-electron chi connectivity index (χ2n) is 6.92.